The lowest BCUT2D eigenvalue weighted by Crippen LogP contribution is -2.25. The highest BCUT2D eigenvalue weighted by Gasteiger charge is 2.51. The molecule has 1 N–H and O–H groups in total. The molecule has 1 nitrogen and oxygen atoms in total. The van der Waals surface area contributed by atoms with Crippen molar-refractivity contribution in [1.82, 2.24) is 0 Å². The molecule has 0 unspecified atom stereocenters. The fraction of sp³-hybridized carbons (Fsp3) is 0.0270. The minimum absolute atomic E-state index is 0.286. The van der Waals surface area contributed by atoms with Crippen molar-refractivity contribution in [3.63, 3.8) is 0 Å². The molecule has 182 valence electrons. The fourth-order valence-electron chi connectivity index (χ4n) is 7.15. The third-order valence-electron chi connectivity index (χ3n) is 8.66. The van der Waals surface area contributed by atoms with Gasteiger partial charge in [-0.15, -0.1) is 11.3 Å². The number of rotatable bonds is 2. The van der Waals surface area contributed by atoms with Crippen molar-refractivity contribution in [2.75, 3.05) is 5.32 Å². The maximum atomic E-state index is 3.73. The van der Waals surface area contributed by atoms with Crippen LogP contribution in [-0.4, -0.2) is 0 Å². The molecule has 0 bridgehead atoms. The van der Waals surface area contributed by atoms with Crippen molar-refractivity contribution in [2.24, 2.45) is 0 Å². The Morgan fingerprint density at radius 1 is 0.410 bits per heavy atom. The summed E-state index contributed by atoms with van der Waals surface area (Å²) in [4.78, 5) is 0. The van der Waals surface area contributed by atoms with E-state index in [1.807, 2.05) is 11.3 Å². The van der Waals surface area contributed by atoms with Crippen molar-refractivity contribution in [3.05, 3.63) is 156 Å². The van der Waals surface area contributed by atoms with Gasteiger partial charge in [-0.1, -0.05) is 97.1 Å². The molecule has 0 radical (unpaired) electrons. The second-order valence-corrected chi connectivity index (χ2v) is 11.7. The third-order valence-corrected chi connectivity index (χ3v) is 9.81. The van der Waals surface area contributed by atoms with Crippen molar-refractivity contribution < 1.29 is 0 Å². The van der Waals surface area contributed by atoms with E-state index >= 15 is 0 Å². The number of fused-ring (bicyclic) bond motifs is 13. The van der Waals surface area contributed by atoms with Crippen molar-refractivity contribution >= 4 is 42.9 Å². The number of benzene rings is 6. The Hall–Kier alpha value is -4.66. The van der Waals surface area contributed by atoms with E-state index in [2.05, 4.69) is 139 Å². The minimum Gasteiger partial charge on any atom is -0.355 e. The van der Waals surface area contributed by atoms with E-state index in [-0.39, 0.29) is 5.41 Å². The van der Waals surface area contributed by atoms with Gasteiger partial charge in [-0.3, -0.25) is 0 Å². The lowest BCUT2D eigenvalue weighted by molar-refractivity contribution is 0.794. The maximum absolute atomic E-state index is 3.73. The highest BCUT2D eigenvalue weighted by molar-refractivity contribution is 7.25. The number of nitrogens with one attached hydrogen (secondary N) is 1. The van der Waals surface area contributed by atoms with E-state index in [1.54, 1.807) is 0 Å². The first-order valence-corrected chi connectivity index (χ1v) is 14.3. The Morgan fingerprint density at radius 3 is 1.64 bits per heavy atom. The van der Waals surface area contributed by atoms with E-state index in [4.69, 9.17) is 0 Å². The highest BCUT2D eigenvalue weighted by atomic mass is 32.1. The zero-order valence-corrected chi connectivity index (χ0v) is 21.9. The molecule has 2 heteroatoms. The van der Waals surface area contributed by atoms with Gasteiger partial charge >= 0.3 is 0 Å². The van der Waals surface area contributed by atoms with Gasteiger partial charge in [0.1, 0.15) is 0 Å². The van der Waals surface area contributed by atoms with Crippen LogP contribution in [0.25, 0.3) is 42.4 Å². The molecule has 0 saturated heterocycles. The van der Waals surface area contributed by atoms with Crippen LogP contribution in [0.1, 0.15) is 22.3 Å². The Balaban J connectivity index is 1.23. The molecule has 2 aliphatic carbocycles. The number of hydrogen-bond acceptors (Lipinski definition) is 2. The Morgan fingerprint density at radius 2 is 0.923 bits per heavy atom. The molecule has 1 aromatic heterocycles. The third kappa shape index (κ3) is 2.74. The molecule has 2 aliphatic rings. The normalized spacial score (nSPS) is 13.8. The molecule has 0 atom stereocenters. The standard InChI is InChI=1S/C37H23NS/c1-5-13-31-25(9-1)26-10-2-6-14-32(26)37(31)33-15-7-3-11-27(33)29-21-23(17-19-34(29)37)38-24-18-20-36-30(22-24)28-12-4-8-16-35(28)39-36/h1-22,38H. The first kappa shape index (κ1) is 21.3. The van der Waals surface area contributed by atoms with E-state index in [1.165, 1.54) is 64.7 Å². The van der Waals surface area contributed by atoms with Gasteiger partial charge in [-0.05, 0) is 80.9 Å². The summed E-state index contributed by atoms with van der Waals surface area (Å²) in [6.07, 6.45) is 0. The molecule has 0 fully saturated rings. The zero-order valence-electron chi connectivity index (χ0n) is 21.1. The van der Waals surface area contributed by atoms with Gasteiger partial charge in [0.05, 0.1) is 5.41 Å². The first-order chi connectivity index (χ1) is 19.3. The molecule has 6 aromatic carbocycles. The molecule has 0 amide bonds. The smallest absolute Gasteiger partial charge is 0.0725 e. The summed E-state index contributed by atoms with van der Waals surface area (Å²) in [5.74, 6) is 0. The van der Waals surface area contributed by atoms with E-state index in [9.17, 15) is 0 Å². The number of thiophene rings is 1. The number of hydrogen-bond donors (Lipinski definition) is 1. The summed E-state index contributed by atoms with van der Waals surface area (Å²) in [5.41, 5.74) is 12.8. The molecule has 0 saturated carbocycles. The summed E-state index contributed by atoms with van der Waals surface area (Å²) in [5, 5.41) is 6.37. The minimum atomic E-state index is -0.286. The molecular formula is C37H23NS. The van der Waals surface area contributed by atoms with Crippen LogP contribution in [0, 0.1) is 0 Å². The van der Waals surface area contributed by atoms with Gasteiger partial charge in [0.25, 0.3) is 0 Å². The van der Waals surface area contributed by atoms with Crippen LogP contribution < -0.4 is 5.32 Å². The molecule has 39 heavy (non-hydrogen) atoms. The molecule has 9 rings (SSSR count). The summed E-state index contributed by atoms with van der Waals surface area (Å²) < 4.78 is 2.66. The van der Waals surface area contributed by atoms with Crippen LogP contribution in [0.15, 0.2) is 133 Å². The van der Waals surface area contributed by atoms with E-state index in [0.29, 0.717) is 0 Å². The Bertz CT molecular complexity index is 2070. The highest BCUT2D eigenvalue weighted by Crippen LogP contribution is 2.62. The molecule has 7 aromatic rings. The van der Waals surface area contributed by atoms with Gasteiger partial charge in [-0.2, -0.15) is 0 Å². The van der Waals surface area contributed by atoms with Gasteiger partial charge in [0.2, 0.25) is 0 Å². The summed E-state index contributed by atoms with van der Waals surface area (Å²) >= 11 is 1.86. The maximum Gasteiger partial charge on any atom is 0.0725 e. The Kier molecular flexibility index (Phi) is 4.20. The summed E-state index contributed by atoms with van der Waals surface area (Å²) in [7, 11) is 0. The SMILES string of the molecule is c1ccc2c(c1)-c1ccccc1C21c2ccccc2-c2cc(Nc3ccc4sc5ccccc5c4c3)ccc21. The fourth-order valence-corrected chi connectivity index (χ4v) is 8.23. The number of anilines is 2. The lowest BCUT2D eigenvalue weighted by Gasteiger charge is -2.30. The van der Waals surface area contributed by atoms with Crippen LogP contribution in [0.5, 0.6) is 0 Å². The second-order valence-electron chi connectivity index (χ2n) is 10.6. The van der Waals surface area contributed by atoms with Crippen LogP contribution in [0.4, 0.5) is 11.4 Å². The summed E-state index contributed by atoms with van der Waals surface area (Å²) in [6.45, 7) is 0. The van der Waals surface area contributed by atoms with Gasteiger partial charge in [0.15, 0.2) is 0 Å². The lowest BCUT2D eigenvalue weighted by atomic mass is 9.70. The largest absolute Gasteiger partial charge is 0.355 e. The molecule has 1 heterocycles. The van der Waals surface area contributed by atoms with Gasteiger partial charge in [-0.25, -0.2) is 0 Å². The van der Waals surface area contributed by atoms with Crippen LogP contribution in [-0.2, 0) is 5.41 Å². The van der Waals surface area contributed by atoms with Gasteiger partial charge in [0, 0.05) is 31.5 Å². The quantitative estimate of drug-likeness (QED) is 0.242. The van der Waals surface area contributed by atoms with Crippen LogP contribution in [0.3, 0.4) is 0 Å². The predicted molar refractivity (Wildman–Crippen MR) is 165 cm³/mol. The monoisotopic (exact) mass is 513 g/mol. The first-order valence-electron chi connectivity index (χ1n) is 13.4. The van der Waals surface area contributed by atoms with Crippen molar-refractivity contribution in [3.8, 4) is 22.3 Å². The topological polar surface area (TPSA) is 12.0 Å². The van der Waals surface area contributed by atoms with Crippen molar-refractivity contribution in [2.45, 2.75) is 5.41 Å². The van der Waals surface area contributed by atoms with E-state index < -0.39 is 0 Å². The predicted octanol–water partition coefficient (Wildman–Crippen LogP) is 10.1. The van der Waals surface area contributed by atoms with Crippen LogP contribution >= 0.6 is 11.3 Å². The van der Waals surface area contributed by atoms with Crippen LogP contribution in [0.2, 0.25) is 0 Å². The van der Waals surface area contributed by atoms with Gasteiger partial charge < -0.3 is 5.32 Å². The molecule has 1 spiro atoms. The zero-order chi connectivity index (χ0) is 25.6. The average Bonchev–Trinajstić information content (AvgIpc) is 3.61. The van der Waals surface area contributed by atoms with E-state index in [0.717, 1.165) is 11.4 Å². The average molecular weight is 514 g/mol. The molecule has 0 aliphatic heterocycles. The van der Waals surface area contributed by atoms with Crippen molar-refractivity contribution in [1.29, 1.82) is 0 Å². The second kappa shape index (κ2) is 7.69. The Labute approximate surface area is 231 Å². The summed E-state index contributed by atoms with van der Waals surface area (Å²) in [6, 6.07) is 49.3. The molecular weight excluding hydrogens is 490 g/mol.